The van der Waals surface area contributed by atoms with Crippen molar-refractivity contribution >= 4 is 38.1 Å². The third-order valence-electron chi connectivity index (χ3n) is 2.30. The van der Waals surface area contributed by atoms with Crippen LogP contribution in [0.4, 0.5) is 5.13 Å². The molecule has 0 fully saturated rings. The Bertz CT molecular complexity index is 774. The number of hydrogen-bond donors (Lipinski definition) is 2. The number of sulfonamides is 1. The molecule has 110 valence electrons. The molecule has 0 atom stereocenters. The molecule has 0 unspecified atom stereocenters. The average Bonchev–Trinajstić information content (AvgIpc) is 2.86. The molecule has 1 aromatic heterocycles. The fourth-order valence-electron chi connectivity index (χ4n) is 1.37. The summed E-state index contributed by atoms with van der Waals surface area (Å²) in [6.45, 7) is -0.0120. The van der Waals surface area contributed by atoms with E-state index in [1.54, 1.807) is 0 Å². The second-order valence-corrected chi connectivity index (χ2v) is 7.01. The van der Waals surface area contributed by atoms with E-state index in [0.29, 0.717) is 16.3 Å². The van der Waals surface area contributed by atoms with Gasteiger partial charge in [0.15, 0.2) is 5.13 Å². The molecule has 0 aliphatic carbocycles. The van der Waals surface area contributed by atoms with Crippen LogP contribution in [-0.2, 0) is 10.0 Å². The van der Waals surface area contributed by atoms with Gasteiger partial charge in [0.2, 0.25) is 0 Å². The number of benzene rings is 1. The maximum Gasteiger partial charge on any atom is 0.263 e. The molecule has 1 heterocycles. The number of aliphatic hydroxyl groups is 1. The average molecular weight is 343 g/mol. The molecule has 0 amide bonds. The Labute approximate surface area is 131 Å². The van der Waals surface area contributed by atoms with Gasteiger partial charge < -0.3 is 5.11 Å². The Kier molecular flexibility index (Phi) is 5.20. The summed E-state index contributed by atoms with van der Waals surface area (Å²) in [6.07, 6.45) is 1.85. The minimum atomic E-state index is -3.69. The lowest BCUT2D eigenvalue weighted by atomic mass is 10.4. The van der Waals surface area contributed by atoms with Crippen LogP contribution in [0.5, 0.6) is 0 Å². The van der Waals surface area contributed by atoms with E-state index in [1.165, 1.54) is 30.5 Å². The molecule has 2 rings (SSSR count). The Morgan fingerprint density at radius 1 is 1.33 bits per heavy atom. The Morgan fingerprint density at radius 2 is 2.05 bits per heavy atom. The molecule has 0 spiro atoms. The Hall–Kier alpha value is -1.59. The summed E-state index contributed by atoms with van der Waals surface area (Å²) < 4.78 is 26.6. The molecule has 0 radical (unpaired) electrons. The van der Waals surface area contributed by atoms with Crippen molar-refractivity contribution in [2.45, 2.75) is 11.3 Å². The number of thiazole rings is 1. The molecule has 2 aromatic rings. The van der Waals surface area contributed by atoms with Crippen LogP contribution in [0.15, 0.2) is 35.4 Å². The van der Waals surface area contributed by atoms with E-state index in [9.17, 15) is 8.42 Å². The molecule has 0 aliphatic heterocycles. The van der Waals surface area contributed by atoms with Gasteiger partial charge in [-0.2, -0.15) is 0 Å². The minimum absolute atomic E-state index is 0.0120. The van der Waals surface area contributed by atoms with E-state index in [2.05, 4.69) is 21.5 Å². The minimum Gasteiger partial charge on any atom is -0.395 e. The predicted octanol–water partition coefficient (Wildman–Crippen LogP) is 2.33. The second-order valence-electron chi connectivity index (χ2n) is 3.86. The summed E-state index contributed by atoms with van der Waals surface area (Å²) >= 11 is 6.85. The topological polar surface area (TPSA) is 79.3 Å². The van der Waals surface area contributed by atoms with Gasteiger partial charge in [-0.25, -0.2) is 13.4 Å². The Morgan fingerprint density at radius 3 is 2.71 bits per heavy atom. The zero-order valence-corrected chi connectivity index (χ0v) is 13.1. The smallest absolute Gasteiger partial charge is 0.263 e. The summed E-state index contributed by atoms with van der Waals surface area (Å²) in [5.74, 6) is 5.54. The van der Waals surface area contributed by atoms with Crippen molar-refractivity contribution in [1.82, 2.24) is 4.98 Å². The first kappa shape index (κ1) is 15.8. The first-order valence-electron chi connectivity index (χ1n) is 5.85. The van der Waals surface area contributed by atoms with Crippen LogP contribution in [-0.4, -0.2) is 25.1 Å². The maximum absolute atomic E-state index is 12.1. The highest BCUT2D eigenvalue weighted by Crippen LogP contribution is 2.22. The standard InChI is InChI=1S/C13H11ClN2O3S2/c14-10-4-6-12(7-5-10)21(18,19)16-13-15-9-11(20-13)3-1-2-8-17/h4-7,9,17H,2,8H2,(H,15,16). The third-order valence-corrected chi connectivity index (χ3v) is 4.86. The van der Waals surface area contributed by atoms with E-state index >= 15 is 0 Å². The lowest BCUT2D eigenvalue weighted by molar-refractivity contribution is 0.305. The van der Waals surface area contributed by atoms with Gasteiger partial charge in [0.25, 0.3) is 10.0 Å². The predicted molar refractivity (Wildman–Crippen MR) is 83.0 cm³/mol. The number of hydrogen-bond acceptors (Lipinski definition) is 5. The lowest BCUT2D eigenvalue weighted by Gasteiger charge is -2.04. The molecule has 0 saturated heterocycles. The highest BCUT2D eigenvalue weighted by molar-refractivity contribution is 7.93. The number of halogens is 1. The van der Waals surface area contributed by atoms with Crippen molar-refractivity contribution in [3.05, 3.63) is 40.4 Å². The first-order chi connectivity index (χ1) is 10.0. The molecule has 0 aliphatic rings. The van der Waals surface area contributed by atoms with E-state index in [1.807, 2.05) is 0 Å². The molecular weight excluding hydrogens is 332 g/mol. The summed E-state index contributed by atoms with van der Waals surface area (Å²) in [7, 11) is -3.69. The summed E-state index contributed by atoms with van der Waals surface area (Å²) in [6, 6.07) is 5.84. The molecular formula is C13H11ClN2O3S2. The maximum atomic E-state index is 12.1. The number of aromatic nitrogens is 1. The van der Waals surface area contributed by atoms with Crippen LogP contribution in [0.2, 0.25) is 5.02 Å². The van der Waals surface area contributed by atoms with E-state index in [0.717, 1.165) is 11.3 Å². The number of nitrogens with one attached hydrogen (secondary N) is 1. The Balaban J connectivity index is 2.14. The van der Waals surface area contributed by atoms with Gasteiger partial charge in [-0.3, -0.25) is 4.72 Å². The van der Waals surface area contributed by atoms with Crippen molar-refractivity contribution in [2.24, 2.45) is 0 Å². The van der Waals surface area contributed by atoms with Crippen LogP contribution in [0.25, 0.3) is 0 Å². The van der Waals surface area contributed by atoms with Crippen molar-refractivity contribution in [1.29, 1.82) is 0 Å². The zero-order valence-electron chi connectivity index (χ0n) is 10.7. The first-order valence-corrected chi connectivity index (χ1v) is 8.53. The SMILES string of the molecule is O=S(=O)(Nc1ncc(C#CCCO)s1)c1ccc(Cl)cc1. The van der Waals surface area contributed by atoms with Gasteiger partial charge in [-0.15, -0.1) is 0 Å². The fraction of sp³-hybridized carbons (Fsp3) is 0.154. The highest BCUT2D eigenvalue weighted by Gasteiger charge is 2.15. The molecule has 2 N–H and O–H groups in total. The van der Waals surface area contributed by atoms with E-state index in [-0.39, 0.29) is 16.6 Å². The summed E-state index contributed by atoms with van der Waals surface area (Å²) in [4.78, 5) is 4.69. The molecule has 0 bridgehead atoms. The van der Waals surface area contributed by atoms with Gasteiger partial charge in [0.05, 0.1) is 22.6 Å². The zero-order chi connectivity index (χ0) is 15.3. The fourth-order valence-corrected chi connectivity index (χ4v) is 3.43. The quantitative estimate of drug-likeness (QED) is 0.836. The van der Waals surface area contributed by atoms with Crippen LogP contribution in [0.1, 0.15) is 11.3 Å². The van der Waals surface area contributed by atoms with E-state index in [4.69, 9.17) is 16.7 Å². The molecule has 21 heavy (non-hydrogen) atoms. The van der Waals surface area contributed by atoms with Crippen molar-refractivity contribution in [3.8, 4) is 11.8 Å². The van der Waals surface area contributed by atoms with Gasteiger partial charge >= 0.3 is 0 Å². The van der Waals surface area contributed by atoms with Crippen LogP contribution in [0.3, 0.4) is 0 Å². The van der Waals surface area contributed by atoms with Gasteiger partial charge in [0.1, 0.15) is 0 Å². The van der Waals surface area contributed by atoms with Crippen molar-refractivity contribution < 1.29 is 13.5 Å². The lowest BCUT2D eigenvalue weighted by Crippen LogP contribution is -2.12. The van der Waals surface area contributed by atoms with Crippen molar-refractivity contribution in [2.75, 3.05) is 11.3 Å². The second kappa shape index (κ2) is 6.91. The number of aliphatic hydroxyl groups excluding tert-OH is 1. The normalized spacial score (nSPS) is 10.8. The van der Waals surface area contributed by atoms with Gasteiger partial charge in [-0.1, -0.05) is 34.8 Å². The van der Waals surface area contributed by atoms with Crippen LogP contribution < -0.4 is 4.72 Å². The highest BCUT2D eigenvalue weighted by atomic mass is 35.5. The molecule has 0 saturated carbocycles. The molecule has 8 heteroatoms. The molecule has 1 aromatic carbocycles. The van der Waals surface area contributed by atoms with Gasteiger partial charge in [-0.05, 0) is 24.3 Å². The summed E-state index contributed by atoms with van der Waals surface area (Å²) in [5.41, 5.74) is 0. The van der Waals surface area contributed by atoms with Crippen molar-refractivity contribution in [3.63, 3.8) is 0 Å². The van der Waals surface area contributed by atoms with Gasteiger partial charge in [0, 0.05) is 11.4 Å². The van der Waals surface area contributed by atoms with Crippen LogP contribution in [0, 0.1) is 11.8 Å². The summed E-state index contributed by atoms with van der Waals surface area (Å²) in [5, 5.41) is 9.33. The monoisotopic (exact) mass is 342 g/mol. The number of anilines is 1. The third kappa shape index (κ3) is 4.44. The number of nitrogens with zero attached hydrogens (tertiary/aromatic N) is 1. The molecule has 5 nitrogen and oxygen atoms in total. The van der Waals surface area contributed by atoms with Crippen LogP contribution >= 0.6 is 22.9 Å². The largest absolute Gasteiger partial charge is 0.395 e. The van der Waals surface area contributed by atoms with E-state index < -0.39 is 10.0 Å². The number of rotatable bonds is 4.